The highest BCUT2D eigenvalue weighted by molar-refractivity contribution is 5.59. The number of pyridine rings is 1. The van der Waals surface area contributed by atoms with E-state index in [1.165, 1.54) is 18.7 Å². The monoisotopic (exact) mass is 238 g/mol. The van der Waals surface area contributed by atoms with Gasteiger partial charge in [0.25, 0.3) is 5.89 Å². The molecular formula is C12H6N4O2. The van der Waals surface area contributed by atoms with Gasteiger partial charge in [0, 0.05) is 11.8 Å². The Labute approximate surface area is 102 Å². The first-order chi connectivity index (χ1) is 8.86. The summed E-state index contributed by atoms with van der Waals surface area (Å²) in [6.07, 6.45) is 4.59. The van der Waals surface area contributed by atoms with E-state index in [4.69, 9.17) is 14.2 Å². The normalized spacial score (nSPS) is 10.2. The van der Waals surface area contributed by atoms with Gasteiger partial charge in [-0.3, -0.25) is 0 Å². The highest BCUT2D eigenvalue weighted by Crippen LogP contribution is 2.22. The van der Waals surface area contributed by atoms with Crippen molar-refractivity contribution in [3.63, 3.8) is 0 Å². The fourth-order valence-corrected chi connectivity index (χ4v) is 1.47. The summed E-state index contributed by atoms with van der Waals surface area (Å²) in [6, 6.07) is 6.99. The number of rotatable bonds is 2. The third kappa shape index (κ3) is 1.74. The second-order valence-corrected chi connectivity index (χ2v) is 3.48. The number of hydrogen-bond acceptors (Lipinski definition) is 6. The van der Waals surface area contributed by atoms with Crippen LogP contribution in [0.25, 0.3) is 22.8 Å². The van der Waals surface area contributed by atoms with Crippen LogP contribution in [0.15, 0.2) is 45.9 Å². The molecule has 0 unspecified atom stereocenters. The Kier molecular flexibility index (Phi) is 2.35. The summed E-state index contributed by atoms with van der Waals surface area (Å²) in [5.41, 5.74) is 1.69. The Morgan fingerprint density at radius 1 is 1.22 bits per heavy atom. The molecule has 3 heterocycles. The lowest BCUT2D eigenvalue weighted by Crippen LogP contribution is -1.84. The van der Waals surface area contributed by atoms with E-state index < -0.39 is 0 Å². The molecule has 0 bridgehead atoms. The van der Waals surface area contributed by atoms with Crippen molar-refractivity contribution >= 4 is 0 Å². The molecule has 0 saturated heterocycles. The summed E-state index contributed by atoms with van der Waals surface area (Å²) < 4.78 is 10.1. The number of nitriles is 1. The summed E-state index contributed by atoms with van der Waals surface area (Å²) in [7, 11) is 0. The zero-order valence-corrected chi connectivity index (χ0v) is 9.07. The molecule has 0 aliphatic heterocycles. The SMILES string of the molecule is N#Cc1cc(-c2nc(-c3ccoc3)no2)ccn1. The largest absolute Gasteiger partial charge is 0.472 e. The summed E-state index contributed by atoms with van der Waals surface area (Å²) in [5, 5.41) is 12.6. The van der Waals surface area contributed by atoms with E-state index >= 15 is 0 Å². The molecule has 0 N–H and O–H groups in total. The van der Waals surface area contributed by atoms with Gasteiger partial charge in [0.2, 0.25) is 5.82 Å². The Bertz CT molecular complexity index is 710. The van der Waals surface area contributed by atoms with Crippen LogP contribution >= 0.6 is 0 Å². The maximum absolute atomic E-state index is 8.77. The van der Waals surface area contributed by atoms with E-state index in [0.29, 0.717) is 23.0 Å². The van der Waals surface area contributed by atoms with Crippen molar-refractivity contribution in [1.82, 2.24) is 15.1 Å². The maximum atomic E-state index is 8.77. The highest BCUT2D eigenvalue weighted by Gasteiger charge is 2.11. The van der Waals surface area contributed by atoms with Crippen LogP contribution in [0.4, 0.5) is 0 Å². The molecule has 18 heavy (non-hydrogen) atoms. The zero-order chi connectivity index (χ0) is 12.4. The van der Waals surface area contributed by atoms with Gasteiger partial charge in [0.1, 0.15) is 18.0 Å². The van der Waals surface area contributed by atoms with Gasteiger partial charge in [-0.05, 0) is 18.2 Å². The first-order valence-corrected chi connectivity index (χ1v) is 5.09. The molecule has 6 nitrogen and oxygen atoms in total. The van der Waals surface area contributed by atoms with Crippen molar-refractivity contribution in [3.8, 4) is 28.9 Å². The zero-order valence-electron chi connectivity index (χ0n) is 9.07. The molecule has 0 saturated carbocycles. The van der Waals surface area contributed by atoms with E-state index in [9.17, 15) is 0 Å². The fourth-order valence-electron chi connectivity index (χ4n) is 1.47. The molecule has 0 radical (unpaired) electrons. The first kappa shape index (κ1) is 10.2. The van der Waals surface area contributed by atoms with Crippen molar-refractivity contribution in [2.24, 2.45) is 0 Å². The molecule has 0 aliphatic carbocycles. The Hall–Kier alpha value is -2.94. The van der Waals surface area contributed by atoms with Crippen molar-refractivity contribution < 1.29 is 8.94 Å². The molecule has 0 amide bonds. The van der Waals surface area contributed by atoms with Gasteiger partial charge in [-0.2, -0.15) is 10.2 Å². The average Bonchev–Trinajstić information content (AvgIpc) is 3.09. The fraction of sp³-hybridized carbons (Fsp3) is 0. The molecule has 0 spiro atoms. The second-order valence-electron chi connectivity index (χ2n) is 3.48. The lowest BCUT2D eigenvalue weighted by atomic mass is 10.2. The number of aromatic nitrogens is 3. The van der Waals surface area contributed by atoms with Crippen LogP contribution in [0.1, 0.15) is 5.69 Å². The predicted octanol–water partition coefficient (Wildman–Crippen LogP) is 2.26. The minimum Gasteiger partial charge on any atom is -0.472 e. The molecule has 3 aromatic heterocycles. The van der Waals surface area contributed by atoms with Crippen LogP contribution in [0, 0.1) is 11.3 Å². The molecule has 0 fully saturated rings. The van der Waals surface area contributed by atoms with Crippen LogP contribution in [-0.4, -0.2) is 15.1 Å². The smallest absolute Gasteiger partial charge is 0.258 e. The minimum atomic E-state index is 0.301. The minimum absolute atomic E-state index is 0.301. The standard InChI is InChI=1S/C12H6N4O2/c13-6-10-5-8(1-3-14-10)12-15-11(16-18-12)9-2-4-17-7-9/h1-5,7H. The van der Waals surface area contributed by atoms with Crippen LogP contribution in [0.5, 0.6) is 0 Å². The van der Waals surface area contributed by atoms with E-state index in [1.54, 1.807) is 18.2 Å². The van der Waals surface area contributed by atoms with Crippen LogP contribution < -0.4 is 0 Å². The molecule has 3 rings (SSSR count). The quantitative estimate of drug-likeness (QED) is 0.680. The molecule has 0 atom stereocenters. The molecule has 6 heteroatoms. The third-order valence-electron chi connectivity index (χ3n) is 2.33. The van der Waals surface area contributed by atoms with E-state index in [-0.39, 0.29) is 0 Å². The van der Waals surface area contributed by atoms with Crippen LogP contribution in [-0.2, 0) is 0 Å². The van der Waals surface area contributed by atoms with Gasteiger partial charge < -0.3 is 8.94 Å². The second kappa shape index (κ2) is 4.14. The third-order valence-corrected chi connectivity index (χ3v) is 2.33. The van der Waals surface area contributed by atoms with Crippen molar-refractivity contribution in [3.05, 3.63) is 42.6 Å². The summed E-state index contributed by atoms with van der Waals surface area (Å²) in [4.78, 5) is 8.10. The van der Waals surface area contributed by atoms with Gasteiger partial charge >= 0.3 is 0 Å². The van der Waals surface area contributed by atoms with Gasteiger partial charge in [-0.15, -0.1) is 0 Å². The van der Waals surface area contributed by atoms with Crippen LogP contribution in [0.2, 0.25) is 0 Å². The van der Waals surface area contributed by atoms with E-state index in [2.05, 4.69) is 15.1 Å². The van der Waals surface area contributed by atoms with Crippen molar-refractivity contribution in [2.75, 3.05) is 0 Å². The topological polar surface area (TPSA) is 88.7 Å². The summed E-state index contributed by atoms with van der Waals surface area (Å²) in [5.74, 6) is 0.777. The number of furan rings is 1. The van der Waals surface area contributed by atoms with Gasteiger partial charge in [-0.1, -0.05) is 5.16 Å². The number of hydrogen-bond donors (Lipinski definition) is 0. The molecule has 0 aromatic carbocycles. The molecule has 0 aliphatic rings. The maximum Gasteiger partial charge on any atom is 0.258 e. The van der Waals surface area contributed by atoms with Gasteiger partial charge in [-0.25, -0.2) is 4.98 Å². The Morgan fingerprint density at radius 3 is 2.94 bits per heavy atom. The van der Waals surface area contributed by atoms with Crippen molar-refractivity contribution in [2.45, 2.75) is 0 Å². The molecular weight excluding hydrogens is 232 g/mol. The Morgan fingerprint density at radius 2 is 2.17 bits per heavy atom. The number of nitrogens with zero attached hydrogens (tertiary/aromatic N) is 4. The molecule has 86 valence electrons. The van der Waals surface area contributed by atoms with E-state index in [1.807, 2.05) is 6.07 Å². The Balaban J connectivity index is 2.01. The lowest BCUT2D eigenvalue weighted by Gasteiger charge is -1.92. The van der Waals surface area contributed by atoms with Gasteiger partial charge in [0.05, 0.1) is 11.8 Å². The van der Waals surface area contributed by atoms with E-state index in [0.717, 1.165) is 5.56 Å². The molecule has 3 aromatic rings. The van der Waals surface area contributed by atoms with Crippen molar-refractivity contribution in [1.29, 1.82) is 5.26 Å². The predicted molar refractivity (Wildman–Crippen MR) is 59.9 cm³/mol. The van der Waals surface area contributed by atoms with Gasteiger partial charge in [0.15, 0.2) is 0 Å². The first-order valence-electron chi connectivity index (χ1n) is 5.09. The lowest BCUT2D eigenvalue weighted by molar-refractivity contribution is 0.432. The average molecular weight is 238 g/mol. The summed E-state index contributed by atoms with van der Waals surface area (Å²) >= 11 is 0. The summed E-state index contributed by atoms with van der Waals surface area (Å²) in [6.45, 7) is 0. The van der Waals surface area contributed by atoms with Crippen LogP contribution in [0.3, 0.4) is 0 Å². The highest BCUT2D eigenvalue weighted by atomic mass is 16.5.